The van der Waals surface area contributed by atoms with Crippen LogP contribution in [0, 0.1) is 0 Å². The van der Waals surface area contributed by atoms with Gasteiger partial charge in [0.1, 0.15) is 0 Å². The Bertz CT molecular complexity index is 4310. The zero-order valence-electron chi connectivity index (χ0n) is 45.7. The molecule has 3 heterocycles. The van der Waals surface area contributed by atoms with Crippen molar-refractivity contribution < 1.29 is 0 Å². The van der Waals surface area contributed by atoms with Crippen LogP contribution in [0.5, 0.6) is 0 Å². The van der Waals surface area contributed by atoms with Crippen molar-refractivity contribution in [2.45, 2.75) is 19.3 Å². The van der Waals surface area contributed by atoms with Crippen LogP contribution in [-0.4, -0.2) is 9.97 Å². The highest BCUT2D eigenvalue weighted by atomic mass is 15.2. The predicted octanol–water partition coefficient (Wildman–Crippen LogP) is 21.0. The third kappa shape index (κ3) is 9.34. The molecule has 0 spiro atoms. The molecule has 0 fully saturated rings. The van der Waals surface area contributed by atoms with Crippen LogP contribution >= 0.6 is 0 Å². The Balaban J connectivity index is 0.740. The maximum atomic E-state index is 4.45. The van der Waals surface area contributed by atoms with Gasteiger partial charge in [0.05, 0.1) is 11.4 Å². The second kappa shape index (κ2) is 21.2. The largest absolute Gasteiger partial charge is 0.311 e. The molecule has 0 bridgehead atoms. The number of anilines is 9. The summed E-state index contributed by atoms with van der Waals surface area (Å²) in [5.74, 6) is 0. The van der Waals surface area contributed by atoms with E-state index in [2.05, 4.69) is 330 Å². The van der Waals surface area contributed by atoms with E-state index in [1.807, 2.05) is 12.3 Å². The molecule has 5 nitrogen and oxygen atoms in total. The fraction of sp³-hybridized carbons (Fsp3) is 0.0390. The number of fused-ring (bicyclic) bond motifs is 3. The number of nitrogens with zero attached hydrogens (tertiary/aromatic N) is 5. The van der Waals surface area contributed by atoms with Gasteiger partial charge in [-0.05, 0) is 194 Å². The molecular weight excluding hydrogens is 995 g/mol. The first-order chi connectivity index (χ1) is 40.4. The highest BCUT2D eigenvalue weighted by Gasteiger charge is 2.37. The number of pyridine rings is 2. The lowest BCUT2D eigenvalue weighted by Crippen LogP contribution is -2.30. The third-order valence-corrected chi connectivity index (χ3v) is 16.2. The van der Waals surface area contributed by atoms with E-state index in [1.165, 1.54) is 55.9 Å². The minimum atomic E-state index is -0.320. The van der Waals surface area contributed by atoms with Crippen LogP contribution in [0.25, 0.3) is 66.7 Å². The van der Waals surface area contributed by atoms with Gasteiger partial charge in [0.15, 0.2) is 5.65 Å². The standard InChI is InChI=1S/C77H57N5/c1-77(2)72-52-61(58-35-43-67(44-36-58)80(63-16-7-3-8-17-63)64-18-9-4-10-19-64)39-47-74(72)82(66-22-13-6-14-23-66)75-48-40-62(53-73(75)77)59-37-45-69(46-38-59)81(65-20-11-5-12-21-65)68-41-33-57(34-42-68)55-27-25-54(26-28-55)56-29-31-60(32-30-56)70-49-51-79-76-71(70)24-15-50-78-76/h3-53H,1-2H3. The Morgan fingerprint density at radius 2 is 0.622 bits per heavy atom. The van der Waals surface area contributed by atoms with E-state index in [0.29, 0.717) is 0 Å². The first-order valence-corrected chi connectivity index (χ1v) is 28.0. The van der Waals surface area contributed by atoms with Gasteiger partial charge in [-0.15, -0.1) is 0 Å². The molecule has 390 valence electrons. The summed E-state index contributed by atoms with van der Waals surface area (Å²) in [5.41, 5.74) is 24.8. The van der Waals surface area contributed by atoms with Gasteiger partial charge in [-0.3, -0.25) is 0 Å². The minimum Gasteiger partial charge on any atom is -0.311 e. The Morgan fingerprint density at radius 3 is 1.04 bits per heavy atom. The lowest BCUT2D eigenvalue weighted by atomic mass is 9.72. The number of hydrogen-bond donors (Lipinski definition) is 0. The highest BCUT2D eigenvalue weighted by molar-refractivity contribution is 5.93. The number of hydrogen-bond acceptors (Lipinski definition) is 5. The molecule has 5 heteroatoms. The fourth-order valence-corrected chi connectivity index (χ4v) is 11.9. The van der Waals surface area contributed by atoms with Crippen molar-refractivity contribution in [3.05, 3.63) is 321 Å². The Morgan fingerprint density at radius 1 is 0.293 bits per heavy atom. The van der Waals surface area contributed by atoms with E-state index >= 15 is 0 Å². The van der Waals surface area contributed by atoms with E-state index in [0.717, 1.165) is 73.1 Å². The van der Waals surface area contributed by atoms with Crippen molar-refractivity contribution in [3.63, 3.8) is 0 Å². The SMILES string of the molecule is CC1(C)c2cc(-c3ccc(N(c4ccccc4)c4ccccc4)cc3)ccc2N(c2ccccc2)c2ccc(-c3ccc(N(c4ccccc4)c4ccc(-c5ccc(-c6ccc(-c7ccnc8ncccc78)cc6)cc5)cc4)cc3)cc21. The van der Waals surface area contributed by atoms with Gasteiger partial charge < -0.3 is 14.7 Å². The summed E-state index contributed by atoms with van der Waals surface area (Å²) in [6.07, 6.45) is 3.62. The maximum Gasteiger partial charge on any atom is 0.159 e. The molecule has 1 aliphatic heterocycles. The number of para-hydroxylation sites is 4. The van der Waals surface area contributed by atoms with Crippen LogP contribution in [0.1, 0.15) is 25.0 Å². The lowest BCUT2D eigenvalue weighted by Gasteiger charge is -2.42. The molecule has 0 unspecified atom stereocenters. The fourth-order valence-electron chi connectivity index (χ4n) is 11.9. The number of benzene rings is 11. The zero-order valence-corrected chi connectivity index (χ0v) is 45.7. The predicted molar refractivity (Wildman–Crippen MR) is 343 cm³/mol. The number of aromatic nitrogens is 2. The van der Waals surface area contributed by atoms with Crippen LogP contribution in [0.15, 0.2) is 310 Å². The molecule has 0 atom stereocenters. The molecule has 0 N–H and O–H groups in total. The minimum absolute atomic E-state index is 0.320. The lowest BCUT2D eigenvalue weighted by molar-refractivity contribution is 0.632. The molecule has 0 aliphatic carbocycles. The molecule has 2 aromatic heterocycles. The summed E-state index contributed by atoms with van der Waals surface area (Å²) < 4.78 is 0. The average molecular weight is 1050 g/mol. The van der Waals surface area contributed by atoms with Crippen molar-refractivity contribution >= 4 is 62.2 Å². The summed E-state index contributed by atoms with van der Waals surface area (Å²) >= 11 is 0. The molecule has 0 saturated carbocycles. The summed E-state index contributed by atoms with van der Waals surface area (Å²) in [4.78, 5) is 16.0. The van der Waals surface area contributed by atoms with E-state index in [4.69, 9.17) is 0 Å². The van der Waals surface area contributed by atoms with Gasteiger partial charge in [0.2, 0.25) is 0 Å². The Hall–Kier alpha value is -10.6. The van der Waals surface area contributed by atoms with Gasteiger partial charge in [-0.1, -0.05) is 184 Å². The molecule has 13 aromatic rings. The van der Waals surface area contributed by atoms with Gasteiger partial charge in [0, 0.05) is 63.0 Å². The second-order valence-electron chi connectivity index (χ2n) is 21.5. The van der Waals surface area contributed by atoms with Crippen molar-refractivity contribution in [1.29, 1.82) is 0 Å². The molecular formula is C77H57N5. The second-order valence-corrected chi connectivity index (χ2v) is 21.5. The Kier molecular flexibility index (Phi) is 12.8. The Labute approximate surface area is 480 Å². The summed E-state index contributed by atoms with van der Waals surface area (Å²) in [5, 5.41) is 1.05. The van der Waals surface area contributed by atoms with Crippen LogP contribution in [0.2, 0.25) is 0 Å². The molecule has 11 aromatic carbocycles. The highest BCUT2D eigenvalue weighted by Crippen LogP contribution is 2.54. The third-order valence-electron chi connectivity index (χ3n) is 16.2. The van der Waals surface area contributed by atoms with Crippen LogP contribution < -0.4 is 14.7 Å². The molecule has 1 aliphatic rings. The van der Waals surface area contributed by atoms with Crippen LogP contribution in [0.3, 0.4) is 0 Å². The van der Waals surface area contributed by atoms with E-state index in [-0.39, 0.29) is 5.41 Å². The first-order valence-electron chi connectivity index (χ1n) is 28.0. The average Bonchev–Trinajstić information content (AvgIpc) is 3.73. The van der Waals surface area contributed by atoms with Gasteiger partial charge >= 0.3 is 0 Å². The van der Waals surface area contributed by atoms with Crippen LogP contribution in [-0.2, 0) is 5.41 Å². The van der Waals surface area contributed by atoms with Crippen LogP contribution in [0.4, 0.5) is 51.2 Å². The summed E-state index contributed by atoms with van der Waals surface area (Å²) in [6.45, 7) is 4.76. The summed E-state index contributed by atoms with van der Waals surface area (Å²) in [6, 6.07) is 107. The van der Waals surface area contributed by atoms with E-state index in [1.54, 1.807) is 6.20 Å². The zero-order chi connectivity index (χ0) is 55.0. The summed E-state index contributed by atoms with van der Waals surface area (Å²) in [7, 11) is 0. The molecule has 14 rings (SSSR count). The maximum absolute atomic E-state index is 4.45. The number of rotatable bonds is 12. The topological polar surface area (TPSA) is 35.5 Å². The normalized spacial score (nSPS) is 12.3. The van der Waals surface area contributed by atoms with Crippen molar-refractivity contribution in [2.24, 2.45) is 0 Å². The van der Waals surface area contributed by atoms with Gasteiger partial charge in [-0.25, -0.2) is 9.97 Å². The van der Waals surface area contributed by atoms with E-state index < -0.39 is 0 Å². The van der Waals surface area contributed by atoms with Crippen molar-refractivity contribution in [1.82, 2.24) is 9.97 Å². The monoisotopic (exact) mass is 1050 g/mol. The quantitative estimate of drug-likeness (QED) is 0.122. The van der Waals surface area contributed by atoms with Gasteiger partial charge in [-0.2, -0.15) is 0 Å². The van der Waals surface area contributed by atoms with E-state index in [9.17, 15) is 0 Å². The first kappa shape index (κ1) is 49.7. The van der Waals surface area contributed by atoms with Crippen molar-refractivity contribution in [2.75, 3.05) is 14.7 Å². The molecule has 82 heavy (non-hydrogen) atoms. The molecule has 0 saturated heterocycles. The molecule has 0 radical (unpaired) electrons. The molecule has 0 amide bonds. The van der Waals surface area contributed by atoms with Gasteiger partial charge in [0.25, 0.3) is 0 Å². The van der Waals surface area contributed by atoms with Crippen molar-refractivity contribution in [3.8, 4) is 55.6 Å². The smallest absolute Gasteiger partial charge is 0.159 e.